The van der Waals surface area contributed by atoms with Gasteiger partial charge in [-0.25, -0.2) is 18.4 Å². The van der Waals surface area contributed by atoms with Crippen LogP contribution in [0, 0.1) is 0 Å². The van der Waals surface area contributed by atoms with Gasteiger partial charge >= 0.3 is 5.97 Å². The first-order chi connectivity index (χ1) is 13.1. The van der Waals surface area contributed by atoms with E-state index in [1.165, 1.54) is 24.3 Å². The van der Waals surface area contributed by atoms with Gasteiger partial charge in [0.2, 0.25) is 10.0 Å². The molecule has 0 saturated heterocycles. The monoisotopic (exact) mass is 490 g/mol. The molecule has 0 aliphatic carbocycles. The van der Waals surface area contributed by atoms with E-state index in [0.717, 1.165) is 0 Å². The van der Waals surface area contributed by atoms with Crippen molar-refractivity contribution in [3.05, 3.63) is 57.5 Å². The zero-order valence-corrected chi connectivity index (χ0v) is 17.5. The van der Waals surface area contributed by atoms with Crippen LogP contribution in [0.25, 0.3) is 0 Å². The van der Waals surface area contributed by atoms with E-state index < -0.39 is 28.5 Å². The number of hydrogen-bond donors (Lipinski definition) is 2. The summed E-state index contributed by atoms with van der Waals surface area (Å²) in [6, 6.07) is 10.5. The molecule has 0 fully saturated rings. The molecular weight excluding hydrogens is 476 g/mol. The summed E-state index contributed by atoms with van der Waals surface area (Å²) >= 11 is 9.06. The van der Waals surface area contributed by atoms with Crippen molar-refractivity contribution in [3.63, 3.8) is 0 Å². The molecule has 0 unspecified atom stereocenters. The number of benzene rings is 2. The van der Waals surface area contributed by atoms with Crippen LogP contribution in [0.5, 0.6) is 5.75 Å². The second kappa shape index (κ2) is 9.87. The fraction of sp³-hybridized carbons (Fsp3) is 0.176. The zero-order chi connectivity index (χ0) is 20.7. The highest BCUT2D eigenvalue weighted by molar-refractivity contribution is 9.10. The van der Waals surface area contributed by atoms with Gasteiger partial charge in [-0.3, -0.25) is 4.79 Å². The van der Waals surface area contributed by atoms with Crippen LogP contribution >= 0.6 is 27.5 Å². The van der Waals surface area contributed by atoms with Crippen molar-refractivity contribution >= 4 is 49.4 Å². The Hall–Kier alpha value is -2.14. The molecule has 0 aliphatic rings. The average Bonchev–Trinajstić information content (AvgIpc) is 2.63. The molecule has 2 aromatic carbocycles. The number of halogens is 2. The number of rotatable bonds is 8. The number of primary sulfonamides is 1. The molecule has 11 heteroatoms. The quantitative estimate of drug-likeness (QED) is 0.544. The predicted molar refractivity (Wildman–Crippen MR) is 105 cm³/mol. The van der Waals surface area contributed by atoms with Crippen LogP contribution in [-0.4, -0.2) is 33.5 Å². The van der Waals surface area contributed by atoms with Gasteiger partial charge in [-0.1, -0.05) is 23.7 Å². The summed E-state index contributed by atoms with van der Waals surface area (Å²) in [6.07, 6.45) is 0. The highest BCUT2D eigenvalue weighted by atomic mass is 79.9. The molecule has 0 bridgehead atoms. The molecule has 28 heavy (non-hydrogen) atoms. The van der Waals surface area contributed by atoms with Gasteiger partial charge in [-0.2, -0.15) is 0 Å². The molecule has 2 rings (SSSR count). The number of amides is 1. The van der Waals surface area contributed by atoms with Crippen LogP contribution in [0.4, 0.5) is 0 Å². The van der Waals surface area contributed by atoms with Crippen molar-refractivity contribution < 1.29 is 27.5 Å². The van der Waals surface area contributed by atoms with Crippen molar-refractivity contribution in [3.8, 4) is 5.75 Å². The van der Waals surface area contributed by atoms with Crippen LogP contribution in [0.3, 0.4) is 0 Å². The molecule has 0 heterocycles. The molecule has 0 aromatic heterocycles. The zero-order valence-electron chi connectivity index (χ0n) is 14.4. The van der Waals surface area contributed by atoms with Gasteiger partial charge in [0.1, 0.15) is 5.75 Å². The number of hydrogen-bond acceptors (Lipinski definition) is 6. The van der Waals surface area contributed by atoms with Crippen LogP contribution in [-0.2, 0) is 30.9 Å². The third-order valence-corrected chi connectivity index (χ3v) is 5.13. The number of carbonyl (C=O) groups excluding carboxylic acids is 2. The van der Waals surface area contributed by atoms with Crippen LogP contribution in [0.15, 0.2) is 51.8 Å². The molecule has 8 nitrogen and oxygen atoms in total. The average molecular weight is 492 g/mol. The minimum absolute atomic E-state index is 0.0242. The lowest BCUT2D eigenvalue weighted by Gasteiger charge is -2.09. The lowest BCUT2D eigenvalue weighted by Crippen LogP contribution is -2.29. The number of carbonyl (C=O) groups is 2. The summed E-state index contributed by atoms with van der Waals surface area (Å²) in [5.41, 5.74) is 0.656. The van der Waals surface area contributed by atoms with E-state index in [-0.39, 0.29) is 18.0 Å². The largest absolute Gasteiger partial charge is 0.481 e. The highest BCUT2D eigenvalue weighted by Gasteiger charge is 2.11. The Kier molecular flexibility index (Phi) is 7.81. The Balaban J connectivity index is 1.72. The van der Waals surface area contributed by atoms with Gasteiger partial charge in [-0.05, 0) is 51.8 Å². The number of esters is 1. The van der Waals surface area contributed by atoms with Gasteiger partial charge in [-0.15, -0.1) is 0 Å². The first-order valence-electron chi connectivity index (χ1n) is 7.77. The molecule has 2 aromatic rings. The summed E-state index contributed by atoms with van der Waals surface area (Å²) in [5, 5.41) is 8.06. The van der Waals surface area contributed by atoms with Crippen molar-refractivity contribution in [2.45, 2.75) is 11.4 Å². The number of ether oxygens (including phenoxy) is 2. The Labute approximate surface area is 175 Å². The van der Waals surface area contributed by atoms with E-state index in [0.29, 0.717) is 20.8 Å². The number of sulfonamides is 1. The molecular formula is C17H16BrClN2O6S. The Morgan fingerprint density at radius 2 is 1.79 bits per heavy atom. The van der Waals surface area contributed by atoms with E-state index in [1.54, 1.807) is 18.2 Å². The molecule has 1 amide bonds. The van der Waals surface area contributed by atoms with Crippen LogP contribution in [0.1, 0.15) is 5.56 Å². The maximum atomic E-state index is 11.7. The molecule has 0 radical (unpaired) electrons. The van der Waals surface area contributed by atoms with E-state index in [2.05, 4.69) is 21.2 Å². The van der Waals surface area contributed by atoms with Gasteiger partial charge in [0.15, 0.2) is 13.2 Å². The highest BCUT2D eigenvalue weighted by Crippen LogP contribution is 2.27. The standard InChI is InChI=1S/C17H16BrClN2O6S/c18-14-7-12(19)3-6-15(14)26-10-17(23)27-9-16(22)21-8-11-1-4-13(5-2-11)28(20,24)25/h1-7H,8-10H2,(H,21,22)(H2,20,24,25). The maximum Gasteiger partial charge on any atom is 0.344 e. The first kappa shape index (κ1) is 22.2. The van der Waals surface area contributed by atoms with Gasteiger partial charge < -0.3 is 14.8 Å². The smallest absolute Gasteiger partial charge is 0.344 e. The minimum atomic E-state index is -3.77. The fourth-order valence-electron chi connectivity index (χ4n) is 1.97. The first-order valence-corrected chi connectivity index (χ1v) is 10.5. The fourth-order valence-corrected chi connectivity index (χ4v) is 3.28. The second-order valence-corrected chi connectivity index (χ2v) is 8.34. The molecule has 0 spiro atoms. The Morgan fingerprint density at radius 1 is 1.11 bits per heavy atom. The normalized spacial score (nSPS) is 11.0. The van der Waals surface area contributed by atoms with E-state index in [9.17, 15) is 18.0 Å². The van der Waals surface area contributed by atoms with Crippen molar-refractivity contribution in [1.29, 1.82) is 0 Å². The minimum Gasteiger partial charge on any atom is -0.481 e. The van der Waals surface area contributed by atoms with E-state index >= 15 is 0 Å². The van der Waals surface area contributed by atoms with E-state index in [1.807, 2.05) is 0 Å². The van der Waals surface area contributed by atoms with Gasteiger partial charge in [0.05, 0.1) is 9.37 Å². The van der Waals surface area contributed by atoms with Crippen molar-refractivity contribution in [1.82, 2.24) is 5.32 Å². The summed E-state index contributed by atoms with van der Waals surface area (Å²) in [4.78, 5) is 23.4. The lowest BCUT2D eigenvalue weighted by molar-refractivity contribution is -0.150. The summed E-state index contributed by atoms with van der Waals surface area (Å²) < 4.78 is 33.0. The Morgan fingerprint density at radius 3 is 2.39 bits per heavy atom. The maximum absolute atomic E-state index is 11.7. The Bertz CT molecular complexity index is 966. The van der Waals surface area contributed by atoms with Crippen molar-refractivity contribution in [2.24, 2.45) is 5.14 Å². The topological polar surface area (TPSA) is 125 Å². The second-order valence-electron chi connectivity index (χ2n) is 5.49. The number of nitrogens with two attached hydrogens (primary N) is 1. The third-order valence-electron chi connectivity index (χ3n) is 3.35. The molecule has 0 atom stereocenters. The number of nitrogens with one attached hydrogen (secondary N) is 1. The van der Waals surface area contributed by atoms with Crippen molar-refractivity contribution in [2.75, 3.05) is 13.2 Å². The lowest BCUT2D eigenvalue weighted by atomic mass is 10.2. The molecule has 0 saturated carbocycles. The summed E-state index contributed by atoms with van der Waals surface area (Å²) in [7, 11) is -3.77. The van der Waals surface area contributed by atoms with E-state index in [4.69, 9.17) is 26.2 Å². The molecule has 3 N–H and O–H groups in total. The predicted octanol–water partition coefficient (Wildman–Crippen LogP) is 1.99. The summed E-state index contributed by atoms with van der Waals surface area (Å²) in [6.45, 7) is -0.711. The molecule has 0 aliphatic heterocycles. The summed E-state index contributed by atoms with van der Waals surface area (Å²) in [5.74, 6) is -0.820. The molecule has 150 valence electrons. The van der Waals surface area contributed by atoms with Gasteiger partial charge in [0.25, 0.3) is 5.91 Å². The SMILES string of the molecule is NS(=O)(=O)c1ccc(CNC(=O)COC(=O)COc2ccc(Cl)cc2Br)cc1. The van der Waals surface area contributed by atoms with Gasteiger partial charge in [0, 0.05) is 11.6 Å². The van der Waals surface area contributed by atoms with Crippen LogP contribution in [0.2, 0.25) is 5.02 Å². The van der Waals surface area contributed by atoms with Crippen LogP contribution < -0.4 is 15.2 Å². The third kappa shape index (κ3) is 7.12.